The van der Waals surface area contributed by atoms with Crippen LogP contribution in [-0.4, -0.2) is 26.6 Å². The quantitative estimate of drug-likeness (QED) is 0.412. The van der Waals surface area contributed by atoms with E-state index in [9.17, 15) is 13.2 Å². The summed E-state index contributed by atoms with van der Waals surface area (Å²) in [4.78, 5) is 12.8. The molecule has 3 aromatic carbocycles. The number of carbonyl (C=O) groups is 1. The fourth-order valence-corrected chi connectivity index (χ4v) is 4.55. The lowest BCUT2D eigenvalue weighted by atomic mass is 10.1. The van der Waals surface area contributed by atoms with Crippen molar-refractivity contribution in [2.75, 3.05) is 10.8 Å². The third-order valence-electron chi connectivity index (χ3n) is 5.07. The molecule has 0 spiro atoms. The van der Waals surface area contributed by atoms with Gasteiger partial charge in [0.2, 0.25) is 0 Å². The molecule has 7 heteroatoms. The Bertz CT molecular complexity index is 1190. The average molecular weight is 450 g/mol. The predicted octanol–water partition coefficient (Wildman–Crippen LogP) is 4.29. The highest BCUT2D eigenvalue weighted by atomic mass is 32.2. The molecule has 0 saturated carbocycles. The first kappa shape index (κ1) is 23.2. The lowest BCUT2D eigenvalue weighted by Crippen LogP contribution is -2.39. The largest absolute Gasteiger partial charge is 0.271 e. The fourth-order valence-electron chi connectivity index (χ4n) is 3.10. The molecule has 0 atom stereocenters. The van der Waals surface area contributed by atoms with Gasteiger partial charge in [0.1, 0.15) is 6.54 Å². The SMILES string of the molecule is CCc1ccc(N(CC(=O)N/N=C(/C)c2ccc(C)cc2)S(=O)(=O)c2ccccc2)cc1. The molecule has 0 aromatic heterocycles. The fraction of sp³-hybridized carbons (Fsp3) is 0.200. The van der Waals surface area contributed by atoms with Gasteiger partial charge in [-0.3, -0.25) is 9.10 Å². The van der Waals surface area contributed by atoms with E-state index in [-0.39, 0.29) is 4.90 Å². The Labute approximate surface area is 189 Å². The standard InChI is InChI=1S/C25H27N3O3S/c1-4-21-12-16-23(17-13-21)28(32(30,31)24-8-6-5-7-9-24)18-25(29)27-26-20(3)22-14-10-19(2)11-15-22/h5-17H,4,18H2,1-3H3,(H,27,29)/b26-20-. The third-order valence-corrected chi connectivity index (χ3v) is 6.86. The normalized spacial score (nSPS) is 11.8. The molecule has 0 bridgehead atoms. The number of amides is 1. The number of hydrazone groups is 1. The number of rotatable bonds is 8. The summed E-state index contributed by atoms with van der Waals surface area (Å²) in [5.41, 5.74) is 6.61. The van der Waals surface area contributed by atoms with E-state index in [1.807, 2.05) is 50.2 Å². The summed E-state index contributed by atoms with van der Waals surface area (Å²) >= 11 is 0. The van der Waals surface area contributed by atoms with Crippen LogP contribution in [0.3, 0.4) is 0 Å². The molecule has 3 rings (SSSR count). The molecule has 0 aliphatic rings. The lowest BCUT2D eigenvalue weighted by molar-refractivity contribution is -0.119. The highest BCUT2D eigenvalue weighted by Gasteiger charge is 2.27. The highest BCUT2D eigenvalue weighted by Crippen LogP contribution is 2.24. The van der Waals surface area contributed by atoms with Gasteiger partial charge in [-0.25, -0.2) is 13.8 Å². The molecule has 0 fully saturated rings. The number of aryl methyl sites for hydroxylation is 2. The summed E-state index contributed by atoms with van der Waals surface area (Å²) in [6.45, 7) is 5.41. The van der Waals surface area contributed by atoms with Crippen LogP contribution in [0.2, 0.25) is 0 Å². The van der Waals surface area contributed by atoms with Crippen molar-refractivity contribution in [1.82, 2.24) is 5.43 Å². The van der Waals surface area contributed by atoms with Crippen molar-refractivity contribution in [3.63, 3.8) is 0 Å². The van der Waals surface area contributed by atoms with Crippen LogP contribution in [0.5, 0.6) is 0 Å². The zero-order valence-corrected chi connectivity index (χ0v) is 19.3. The second-order valence-electron chi connectivity index (χ2n) is 7.44. The second-order valence-corrected chi connectivity index (χ2v) is 9.31. The molecular weight excluding hydrogens is 422 g/mol. The van der Waals surface area contributed by atoms with Crippen LogP contribution in [-0.2, 0) is 21.2 Å². The molecule has 32 heavy (non-hydrogen) atoms. The van der Waals surface area contributed by atoms with Gasteiger partial charge in [-0.05, 0) is 55.7 Å². The molecule has 0 heterocycles. The minimum absolute atomic E-state index is 0.117. The molecule has 0 unspecified atom stereocenters. The summed E-state index contributed by atoms with van der Waals surface area (Å²) in [6, 6.07) is 23.0. The Morgan fingerprint density at radius 3 is 2.16 bits per heavy atom. The van der Waals surface area contributed by atoms with E-state index in [0.717, 1.165) is 27.4 Å². The first-order valence-electron chi connectivity index (χ1n) is 10.4. The molecule has 0 aliphatic carbocycles. The van der Waals surface area contributed by atoms with E-state index >= 15 is 0 Å². The van der Waals surface area contributed by atoms with Crippen LogP contribution in [0.25, 0.3) is 0 Å². The van der Waals surface area contributed by atoms with Gasteiger partial charge in [0.25, 0.3) is 15.9 Å². The van der Waals surface area contributed by atoms with E-state index in [1.54, 1.807) is 37.3 Å². The van der Waals surface area contributed by atoms with E-state index < -0.39 is 22.5 Å². The van der Waals surface area contributed by atoms with Gasteiger partial charge >= 0.3 is 0 Å². The zero-order chi connectivity index (χ0) is 23.1. The first-order chi connectivity index (χ1) is 15.3. The summed E-state index contributed by atoms with van der Waals surface area (Å²) in [7, 11) is -3.94. The van der Waals surface area contributed by atoms with Crippen LogP contribution in [0.1, 0.15) is 30.5 Å². The second kappa shape index (κ2) is 10.2. The van der Waals surface area contributed by atoms with Gasteiger partial charge in [-0.15, -0.1) is 0 Å². The van der Waals surface area contributed by atoms with Gasteiger partial charge in [0.15, 0.2) is 0 Å². The highest BCUT2D eigenvalue weighted by molar-refractivity contribution is 7.92. The van der Waals surface area contributed by atoms with Gasteiger partial charge in [-0.2, -0.15) is 5.10 Å². The van der Waals surface area contributed by atoms with Crippen LogP contribution in [0.4, 0.5) is 5.69 Å². The smallest absolute Gasteiger partial charge is 0.264 e. The Morgan fingerprint density at radius 2 is 1.56 bits per heavy atom. The maximum absolute atomic E-state index is 13.3. The number of hydrogen-bond acceptors (Lipinski definition) is 4. The maximum atomic E-state index is 13.3. The Morgan fingerprint density at radius 1 is 0.938 bits per heavy atom. The van der Waals surface area contributed by atoms with Crippen molar-refractivity contribution < 1.29 is 13.2 Å². The number of hydrogen-bond donors (Lipinski definition) is 1. The summed E-state index contributed by atoms with van der Waals surface area (Å²) in [5, 5.41) is 4.15. The molecular formula is C25H27N3O3S. The van der Waals surface area contributed by atoms with E-state index in [0.29, 0.717) is 11.4 Å². The lowest BCUT2D eigenvalue weighted by Gasteiger charge is -2.24. The zero-order valence-electron chi connectivity index (χ0n) is 18.4. The van der Waals surface area contributed by atoms with Gasteiger partial charge in [0.05, 0.1) is 16.3 Å². The number of nitrogens with one attached hydrogen (secondary N) is 1. The van der Waals surface area contributed by atoms with Gasteiger partial charge < -0.3 is 0 Å². The van der Waals surface area contributed by atoms with E-state index in [2.05, 4.69) is 10.5 Å². The maximum Gasteiger partial charge on any atom is 0.264 e. The van der Waals surface area contributed by atoms with Crippen molar-refractivity contribution in [2.45, 2.75) is 32.1 Å². The van der Waals surface area contributed by atoms with Crippen molar-refractivity contribution >= 4 is 27.3 Å². The number of anilines is 1. The number of benzene rings is 3. The first-order valence-corrected chi connectivity index (χ1v) is 11.8. The van der Waals surface area contributed by atoms with Crippen molar-refractivity contribution in [3.8, 4) is 0 Å². The summed E-state index contributed by atoms with van der Waals surface area (Å²) < 4.78 is 27.8. The minimum Gasteiger partial charge on any atom is -0.271 e. The third kappa shape index (κ3) is 5.62. The Balaban J connectivity index is 1.85. The minimum atomic E-state index is -3.94. The molecule has 1 amide bonds. The molecule has 1 N–H and O–H groups in total. The van der Waals surface area contributed by atoms with Crippen LogP contribution < -0.4 is 9.73 Å². The van der Waals surface area contributed by atoms with E-state index in [1.165, 1.54) is 12.1 Å². The Kier molecular flexibility index (Phi) is 7.43. The van der Waals surface area contributed by atoms with Crippen LogP contribution in [0.15, 0.2) is 88.9 Å². The number of carbonyl (C=O) groups excluding carboxylic acids is 1. The molecule has 0 radical (unpaired) electrons. The molecule has 166 valence electrons. The average Bonchev–Trinajstić information content (AvgIpc) is 2.82. The molecule has 6 nitrogen and oxygen atoms in total. The monoisotopic (exact) mass is 449 g/mol. The predicted molar refractivity (Wildman–Crippen MR) is 128 cm³/mol. The molecule has 0 aliphatic heterocycles. The van der Waals surface area contributed by atoms with Crippen LogP contribution in [0, 0.1) is 6.92 Å². The number of nitrogens with zero attached hydrogens (tertiary/aromatic N) is 2. The summed E-state index contributed by atoms with van der Waals surface area (Å²) in [6.07, 6.45) is 0.833. The van der Waals surface area contributed by atoms with Gasteiger partial charge in [0, 0.05) is 0 Å². The van der Waals surface area contributed by atoms with Crippen molar-refractivity contribution in [2.24, 2.45) is 5.10 Å². The van der Waals surface area contributed by atoms with Crippen molar-refractivity contribution in [1.29, 1.82) is 0 Å². The van der Waals surface area contributed by atoms with Crippen molar-refractivity contribution in [3.05, 3.63) is 95.6 Å². The Hall–Kier alpha value is -3.45. The van der Waals surface area contributed by atoms with Crippen LogP contribution >= 0.6 is 0 Å². The van der Waals surface area contributed by atoms with E-state index in [4.69, 9.17) is 0 Å². The molecule has 3 aromatic rings. The topological polar surface area (TPSA) is 78.8 Å². The number of sulfonamides is 1. The molecule has 0 saturated heterocycles. The van der Waals surface area contributed by atoms with Gasteiger partial charge in [-0.1, -0.05) is 67.1 Å². The summed E-state index contributed by atoms with van der Waals surface area (Å²) in [5.74, 6) is -0.532.